The van der Waals surface area contributed by atoms with Gasteiger partial charge in [0.25, 0.3) is 0 Å². The molecule has 0 saturated heterocycles. The fourth-order valence-electron chi connectivity index (χ4n) is 1.28. The average Bonchev–Trinajstić information content (AvgIpc) is 2.18. The van der Waals surface area contributed by atoms with Gasteiger partial charge in [-0.25, -0.2) is 0 Å². The van der Waals surface area contributed by atoms with E-state index in [2.05, 4.69) is 0 Å². The van der Waals surface area contributed by atoms with Crippen molar-refractivity contribution in [3.05, 3.63) is 41.0 Å². The van der Waals surface area contributed by atoms with E-state index in [9.17, 15) is 18.0 Å². The molecule has 0 heterocycles. The average molecular weight is 244 g/mol. The van der Waals surface area contributed by atoms with Crippen LogP contribution < -0.4 is 0 Å². The van der Waals surface area contributed by atoms with Crippen LogP contribution in [-0.2, 0) is 11.0 Å². The van der Waals surface area contributed by atoms with E-state index in [1.807, 2.05) is 0 Å². The summed E-state index contributed by atoms with van der Waals surface area (Å²) in [5.74, 6) is -1.02. The van der Waals surface area contributed by atoms with Gasteiger partial charge in [0.05, 0.1) is 12.0 Å². The number of carbonyl (C=O) groups is 1. The lowest BCUT2D eigenvalue weighted by Gasteiger charge is -2.08. The molecule has 1 aromatic carbocycles. The number of hydrogen-bond acceptors (Lipinski definition) is 1. The van der Waals surface area contributed by atoms with Crippen LogP contribution in [0.1, 0.15) is 23.1 Å². The third-order valence-corrected chi connectivity index (χ3v) is 2.20. The van der Waals surface area contributed by atoms with Gasteiger partial charge >= 0.3 is 12.1 Å². The zero-order chi connectivity index (χ0) is 13.1. The maximum Gasteiger partial charge on any atom is 0.416 e. The summed E-state index contributed by atoms with van der Waals surface area (Å²) in [5, 5.41) is 8.41. The molecule has 0 aliphatic rings. The van der Waals surface area contributed by atoms with Crippen molar-refractivity contribution in [3.8, 4) is 0 Å². The molecule has 5 heteroatoms. The lowest BCUT2D eigenvalue weighted by molar-refractivity contribution is -0.138. The summed E-state index contributed by atoms with van der Waals surface area (Å²) in [5.41, 5.74) is 0.304. The summed E-state index contributed by atoms with van der Waals surface area (Å²) >= 11 is 0. The van der Waals surface area contributed by atoms with E-state index in [1.54, 1.807) is 6.92 Å². The second kappa shape index (κ2) is 5.03. The molecule has 0 fully saturated rings. The number of alkyl halides is 3. The molecular weight excluding hydrogens is 233 g/mol. The highest BCUT2D eigenvalue weighted by Crippen LogP contribution is 2.30. The van der Waals surface area contributed by atoms with E-state index < -0.39 is 17.7 Å². The Hall–Kier alpha value is -1.78. The first-order chi connectivity index (χ1) is 7.80. The van der Waals surface area contributed by atoms with Gasteiger partial charge in [-0.15, -0.1) is 0 Å². The summed E-state index contributed by atoms with van der Waals surface area (Å²) in [6, 6.07) is 3.38. The normalized spacial score (nSPS) is 12.0. The Bertz CT molecular complexity index is 448. The van der Waals surface area contributed by atoms with Crippen molar-refractivity contribution in [2.75, 3.05) is 0 Å². The van der Waals surface area contributed by atoms with Crippen LogP contribution in [0.4, 0.5) is 13.2 Å². The lowest BCUT2D eigenvalue weighted by atomic mass is 10.0. The van der Waals surface area contributed by atoms with E-state index in [4.69, 9.17) is 5.11 Å². The van der Waals surface area contributed by atoms with E-state index >= 15 is 0 Å². The molecule has 1 aromatic rings. The Morgan fingerprint density at radius 3 is 2.59 bits per heavy atom. The van der Waals surface area contributed by atoms with Gasteiger partial charge < -0.3 is 5.11 Å². The van der Waals surface area contributed by atoms with Crippen molar-refractivity contribution in [1.82, 2.24) is 0 Å². The van der Waals surface area contributed by atoms with Crippen molar-refractivity contribution in [3.63, 3.8) is 0 Å². The molecule has 0 bridgehead atoms. The number of carboxylic acids is 1. The van der Waals surface area contributed by atoms with Crippen molar-refractivity contribution in [2.45, 2.75) is 19.5 Å². The molecule has 1 rings (SSSR count). The Morgan fingerprint density at radius 1 is 1.41 bits per heavy atom. The Morgan fingerprint density at radius 2 is 2.06 bits per heavy atom. The number of rotatable bonds is 3. The van der Waals surface area contributed by atoms with Crippen molar-refractivity contribution < 1.29 is 23.1 Å². The monoisotopic (exact) mass is 244 g/mol. The van der Waals surface area contributed by atoms with Crippen LogP contribution in [0.25, 0.3) is 6.08 Å². The summed E-state index contributed by atoms with van der Waals surface area (Å²) in [6.45, 7) is 1.67. The van der Waals surface area contributed by atoms with Crippen LogP contribution in [-0.4, -0.2) is 11.1 Å². The zero-order valence-electron chi connectivity index (χ0n) is 9.08. The predicted octanol–water partition coefficient (Wildman–Crippen LogP) is 3.50. The fourth-order valence-corrected chi connectivity index (χ4v) is 1.28. The topological polar surface area (TPSA) is 37.3 Å². The minimum atomic E-state index is -4.39. The first-order valence-electron chi connectivity index (χ1n) is 4.87. The molecule has 0 amide bonds. The van der Waals surface area contributed by atoms with Gasteiger partial charge in [-0.1, -0.05) is 18.2 Å². The second-order valence-corrected chi connectivity index (χ2v) is 3.57. The van der Waals surface area contributed by atoms with Gasteiger partial charge in [0.15, 0.2) is 0 Å². The molecule has 0 atom stereocenters. The molecule has 0 aliphatic heterocycles. The van der Waals surface area contributed by atoms with Crippen molar-refractivity contribution in [1.29, 1.82) is 0 Å². The standard InChI is InChI=1S/C12H11F3O2/c1-8-5-6-10(12(13,14)15)7-9(8)3-2-4-11(16)17/h2-3,5-7H,4H2,1H3,(H,16,17). The molecule has 0 saturated carbocycles. The van der Waals surface area contributed by atoms with Gasteiger partial charge in [-0.3, -0.25) is 4.79 Å². The van der Waals surface area contributed by atoms with Crippen LogP contribution >= 0.6 is 0 Å². The Labute approximate surface area is 96.4 Å². The van der Waals surface area contributed by atoms with Gasteiger partial charge in [-0.05, 0) is 30.2 Å². The van der Waals surface area contributed by atoms with Crippen LogP contribution in [0.15, 0.2) is 24.3 Å². The second-order valence-electron chi connectivity index (χ2n) is 3.57. The lowest BCUT2D eigenvalue weighted by Crippen LogP contribution is -2.05. The first-order valence-corrected chi connectivity index (χ1v) is 4.87. The van der Waals surface area contributed by atoms with Crippen molar-refractivity contribution >= 4 is 12.0 Å². The maximum atomic E-state index is 12.4. The number of benzene rings is 1. The third kappa shape index (κ3) is 3.94. The van der Waals surface area contributed by atoms with E-state index in [1.165, 1.54) is 18.2 Å². The summed E-state index contributed by atoms with van der Waals surface area (Å²) in [7, 11) is 0. The SMILES string of the molecule is Cc1ccc(C(F)(F)F)cc1C=CCC(=O)O. The Balaban J connectivity index is 2.99. The molecule has 0 spiro atoms. The minimum absolute atomic E-state index is 0.213. The predicted molar refractivity (Wildman–Crippen MR) is 57.5 cm³/mol. The molecule has 92 valence electrons. The number of halogens is 3. The van der Waals surface area contributed by atoms with Crippen LogP contribution in [0.3, 0.4) is 0 Å². The largest absolute Gasteiger partial charge is 0.481 e. The Kier molecular flexibility index (Phi) is 3.93. The minimum Gasteiger partial charge on any atom is -0.481 e. The van der Waals surface area contributed by atoms with E-state index in [0.717, 1.165) is 12.1 Å². The summed E-state index contributed by atoms with van der Waals surface area (Å²) in [4.78, 5) is 10.3. The number of aliphatic carboxylic acids is 1. The van der Waals surface area contributed by atoms with E-state index in [0.29, 0.717) is 11.1 Å². The molecule has 0 radical (unpaired) electrons. The highest BCUT2D eigenvalue weighted by Gasteiger charge is 2.30. The zero-order valence-corrected chi connectivity index (χ0v) is 9.08. The fraction of sp³-hybridized carbons (Fsp3) is 0.250. The van der Waals surface area contributed by atoms with Gasteiger partial charge in [0.2, 0.25) is 0 Å². The van der Waals surface area contributed by atoms with Crippen molar-refractivity contribution in [2.24, 2.45) is 0 Å². The summed E-state index contributed by atoms with van der Waals surface area (Å²) in [6.07, 6.45) is -1.89. The van der Waals surface area contributed by atoms with Gasteiger partial charge in [0.1, 0.15) is 0 Å². The van der Waals surface area contributed by atoms with E-state index in [-0.39, 0.29) is 6.42 Å². The van der Waals surface area contributed by atoms with Gasteiger partial charge in [0, 0.05) is 0 Å². The molecule has 2 nitrogen and oxygen atoms in total. The maximum absolute atomic E-state index is 12.4. The van der Waals surface area contributed by atoms with Crippen LogP contribution in [0.5, 0.6) is 0 Å². The van der Waals surface area contributed by atoms with Gasteiger partial charge in [-0.2, -0.15) is 13.2 Å². The first kappa shape index (κ1) is 13.3. The van der Waals surface area contributed by atoms with Crippen LogP contribution in [0, 0.1) is 6.92 Å². The molecule has 1 N–H and O–H groups in total. The molecule has 0 unspecified atom stereocenters. The third-order valence-electron chi connectivity index (χ3n) is 2.20. The highest BCUT2D eigenvalue weighted by molar-refractivity contribution is 5.70. The van der Waals surface area contributed by atoms with Crippen LogP contribution in [0.2, 0.25) is 0 Å². The molecular formula is C12H11F3O2. The number of carboxylic acid groups (broad SMARTS) is 1. The number of hydrogen-bond donors (Lipinski definition) is 1. The molecule has 0 aromatic heterocycles. The smallest absolute Gasteiger partial charge is 0.416 e. The molecule has 0 aliphatic carbocycles. The molecule has 17 heavy (non-hydrogen) atoms. The summed E-state index contributed by atoms with van der Waals surface area (Å²) < 4.78 is 37.3. The quantitative estimate of drug-likeness (QED) is 0.883. The highest BCUT2D eigenvalue weighted by atomic mass is 19.4. The number of aryl methyl sites for hydroxylation is 1.